The van der Waals surface area contributed by atoms with Crippen LogP contribution in [0.2, 0.25) is 0 Å². The van der Waals surface area contributed by atoms with Crippen molar-refractivity contribution in [2.75, 3.05) is 0 Å². The lowest BCUT2D eigenvalue weighted by Crippen LogP contribution is -2.00. The SMILES string of the molecule is c1ccc(-c2ccc3c(c2)c2ccccc2n3-c2cccc3c2oc2ccc(-c4ccc5oc6cccc(-c7cccc(-c8nc(-c9ccccc9)nc(-c9ccccc9)n8)c7)c6c5c4)cc23)cc1. The van der Waals surface area contributed by atoms with E-state index >= 15 is 0 Å². The zero-order valence-electron chi connectivity index (χ0n) is 37.0. The standard InChI is InChI=1S/C63H38N4O2/c1-4-15-39(16-5-1)42-29-32-54-50(36-42)48-23-10-11-26-53(48)67(54)55-27-13-25-49-51-37-43(30-33-56(51)69-60(49)55)44-31-34-57-52(38-44)59-47(24-14-28-58(59)68-57)45-21-12-22-46(35-45)63-65-61(40-17-6-2-7-18-40)64-62(66-63)41-19-8-3-9-20-41/h1-38H. The number of fused-ring (bicyclic) bond motifs is 9. The third-order valence-electron chi connectivity index (χ3n) is 13.5. The average molecular weight is 883 g/mol. The molecule has 14 aromatic rings. The summed E-state index contributed by atoms with van der Waals surface area (Å²) in [5.74, 6) is 1.87. The molecule has 0 fully saturated rings. The molecule has 4 heterocycles. The number of benzene rings is 10. The molecule has 0 atom stereocenters. The van der Waals surface area contributed by atoms with E-state index in [4.69, 9.17) is 23.8 Å². The average Bonchev–Trinajstić information content (AvgIpc) is 4.10. The molecule has 0 unspecified atom stereocenters. The van der Waals surface area contributed by atoms with Crippen LogP contribution in [-0.2, 0) is 0 Å². The maximum absolute atomic E-state index is 6.82. The second-order valence-corrected chi connectivity index (χ2v) is 17.5. The van der Waals surface area contributed by atoms with Gasteiger partial charge >= 0.3 is 0 Å². The lowest BCUT2D eigenvalue weighted by molar-refractivity contribution is 0.666. The molecule has 0 N–H and O–H groups in total. The van der Waals surface area contributed by atoms with Gasteiger partial charge in [0.1, 0.15) is 16.7 Å². The van der Waals surface area contributed by atoms with Crippen molar-refractivity contribution in [3.8, 4) is 73.2 Å². The second kappa shape index (κ2) is 15.6. The molecule has 10 aromatic carbocycles. The third kappa shape index (κ3) is 6.45. The quantitative estimate of drug-likeness (QED) is 0.159. The molecule has 69 heavy (non-hydrogen) atoms. The zero-order valence-corrected chi connectivity index (χ0v) is 37.0. The molecule has 0 amide bonds. The van der Waals surface area contributed by atoms with Gasteiger partial charge in [0.05, 0.1) is 16.7 Å². The van der Waals surface area contributed by atoms with Gasteiger partial charge in [0.2, 0.25) is 0 Å². The van der Waals surface area contributed by atoms with Gasteiger partial charge in [0, 0.05) is 49.0 Å². The van der Waals surface area contributed by atoms with Crippen molar-refractivity contribution >= 4 is 65.7 Å². The van der Waals surface area contributed by atoms with Crippen LogP contribution < -0.4 is 0 Å². The Kier molecular flexibility index (Phi) is 8.79. The van der Waals surface area contributed by atoms with Gasteiger partial charge in [-0.1, -0.05) is 170 Å². The lowest BCUT2D eigenvalue weighted by atomic mass is 9.96. The largest absolute Gasteiger partial charge is 0.456 e. The highest BCUT2D eigenvalue weighted by molar-refractivity contribution is 6.15. The number of furan rings is 2. The first kappa shape index (κ1) is 38.8. The van der Waals surface area contributed by atoms with Crippen LogP contribution in [0.15, 0.2) is 239 Å². The van der Waals surface area contributed by atoms with Gasteiger partial charge in [0.15, 0.2) is 23.1 Å². The minimum atomic E-state index is 0.609. The minimum absolute atomic E-state index is 0.609. The van der Waals surface area contributed by atoms with Gasteiger partial charge in [-0.25, -0.2) is 15.0 Å². The summed E-state index contributed by atoms with van der Waals surface area (Å²) in [6.07, 6.45) is 0. The first-order chi connectivity index (χ1) is 34.2. The summed E-state index contributed by atoms with van der Waals surface area (Å²) in [6.45, 7) is 0. The molecule has 6 nitrogen and oxygen atoms in total. The molecule has 0 aliphatic rings. The summed E-state index contributed by atoms with van der Waals surface area (Å²) < 4.78 is 15.7. The maximum atomic E-state index is 6.82. The summed E-state index contributed by atoms with van der Waals surface area (Å²) in [6, 6.07) is 80.4. The Morgan fingerprint density at radius 1 is 0.290 bits per heavy atom. The molecule has 4 aromatic heterocycles. The van der Waals surface area contributed by atoms with Gasteiger partial charge in [-0.15, -0.1) is 0 Å². The van der Waals surface area contributed by atoms with Crippen LogP contribution in [-0.4, -0.2) is 19.5 Å². The van der Waals surface area contributed by atoms with Gasteiger partial charge in [-0.2, -0.15) is 0 Å². The smallest absolute Gasteiger partial charge is 0.164 e. The van der Waals surface area contributed by atoms with Crippen LogP contribution in [0.25, 0.3) is 139 Å². The van der Waals surface area contributed by atoms with Gasteiger partial charge in [0.25, 0.3) is 0 Å². The predicted molar refractivity (Wildman–Crippen MR) is 281 cm³/mol. The molecule has 0 saturated heterocycles. The molecule has 6 heteroatoms. The van der Waals surface area contributed by atoms with E-state index in [1.165, 1.54) is 21.9 Å². The fourth-order valence-electron chi connectivity index (χ4n) is 10.2. The minimum Gasteiger partial charge on any atom is -0.456 e. The Bertz CT molecular complexity index is 4250. The number of hydrogen-bond donors (Lipinski definition) is 0. The first-order valence-electron chi connectivity index (χ1n) is 23.2. The van der Waals surface area contributed by atoms with Gasteiger partial charge in [-0.3, -0.25) is 0 Å². The summed E-state index contributed by atoms with van der Waals surface area (Å²) in [5.41, 5.74) is 16.1. The van der Waals surface area contributed by atoms with E-state index in [9.17, 15) is 0 Å². The van der Waals surface area contributed by atoms with Crippen LogP contribution in [0.4, 0.5) is 0 Å². The van der Waals surface area contributed by atoms with Crippen LogP contribution >= 0.6 is 0 Å². The van der Waals surface area contributed by atoms with Crippen molar-refractivity contribution in [1.82, 2.24) is 19.5 Å². The predicted octanol–water partition coefficient (Wildman–Crippen LogP) is 16.8. The van der Waals surface area contributed by atoms with E-state index in [1.807, 2.05) is 66.7 Å². The topological polar surface area (TPSA) is 69.9 Å². The van der Waals surface area contributed by atoms with Crippen molar-refractivity contribution < 1.29 is 8.83 Å². The number of nitrogens with zero attached hydrogens (tertiary/aromatic N) is 4. The van der Waals surface area contributed by atoms with E-state index in [0.717, 1.165) is 99.5 Å². The van der Waals surface area contributed by atoms with Gasteiger partial charge in [-0.05, 0) is 94.0 Å². The Balaban J connectivity index is 0.868. The van der Waals surface area contributed by atoms with Crippen molar-refractivity contribution in [3.05, 3.63) is 231 Å². The van der Waals surface area contributed by atoms with Crippen molar-refractivity contribution in [2.24, 2.45) is 0 Å². The van der Waals surface area contributed by atoms with E-state index in [2.05, 4.69) is 168 Å². The number of para-hydroxylation sites is 2. The molecule has 0 spiro atoms. The summed E-state index contributed by atoms with van der Waals surface area (Å²) >= 11 is 0. The van der Waals surface area contributed by atoms with Crippen molar-refractivity contribution in [1.29, 1.82) is 0 Å². The maximum Gasteiger partial charge on any atom is 0.164 e. The summed E-state index contributed by atoms with van der Waals surface area (Å²) in [7, 11) is 0. The van der Waals surface area contributed by atoms with Crippen molar-refractivity contribution in [2.45, 2.75) is 0 Å². The Hall–Kier alpha value is -9.39. The molecular formula is C63H38N4O2. The normalized spacial score (nSPS) is 11.8. The molecule has 14 rings (SSSR count). The fraction of sp³-hybridized carbons (Fsp3) is 0. The summed E-state index contributed by atoms with van der Waals surface area (Å²) in [4.78, 5) is 15.0. The first-order valence-corrected chi connectivity index (χ1v) is 23.2. The van der Waals surface area contributed by atoms with Crippen molar-refractivity contribution in [3.63, 3.8) is 0 Å². The molecular weight excluding hydrogens is 845 g/mol. The second-order valence-electron chi connectivity index (χ2n) is 17.5. The highest BCUT2D eigenvalue weighted by atomic mass is 16.3. The molecule has 0 bridgehead atoms. The van der Waals surface area contributed by atoms with Crippen LogP contribution in [0.1, 0.15) is 0 Å². The Labute approximate surface area is 396 Å². The Morgan fingerprint density at radius 3 is 1.55 bits per heavy atom. The zero-order chi connectivity index (χ0) is 45.4. The van der Waals surface area contributed by atoms with Gasteiger partial charge < -0.3 is 13.4 Å². The van der Waals surface area contributed by atoms with Crippen LogP contribution in [0.5, 0.6) is 0 Å². The molecule has 0 radical (unpaired) electrons. The summed E-state index contributed by atoms with van der Waals surface area (Å²) in [5, 5.41) is 6.64. The highest BCUT2D eigenvalue weighted by Gasteiger charge is 2.20. The monoisotopic (exact) mass is 882 g/mol. The molecule has 0 aliphatic heterocycles. The third-order valence-corrected chi connectivity index (χ3v) is 13.5. The van der Waals surface area contributed by atoms with Crippen LogP contribution in [0, 0.1) is 0 Å². The lowest BCUT2D eigenvalue weighted by Gasteiger charge is -2.10. The van der Waals surface area contributed by atoms with Crippen LogP contribution in [0.3, 0.4) is 0 Å². The Morgan fingerprint density at radius 2 is 0.812 bits per heavy atom. The highest BCUT2D eigenvalue weighted by Crippen LogP contribution is 2.43. The van der Waals surface area contributed by atoms with E-state index in [-0.39, 0.29) is 0 Å². The molecule has 0 saturated carbocycles. The number of aromatic nitrogens is 4. The molecule has 322 valence electrons. The number of hydrogen-bond acceptors (Lipinski definition) is 5. The van der Waals surface area contributed by atoms with E-state index in [1.54, 1.807) is 0 Å². The fourth-order valence-corrected chi connectivity index (χ4v) is 10.2. The van der Waals surface area contributed by atoms with E-state index < -0.39 is 0 Å². The van der Waals surface area contributed by atoms with E-state index in [0.29, 0.717) is 17.5 Å². The number of rotatable bonds is 7. The molecule has 0 aliphatic carbocycles.